The second kappa shape index (κ2) is 10.5. The monoisotopic (exact) mass is 613 g/mol. The van der Waals surface area contributed by atoms with Crippen LogP contribution in [0, 0.1) is 0 Å². The third kappa shape index (κ3) is 4.08. The van der Waals surface area contributed by atoms with Crippen LogP contribution < -0.4 is 0 Å². The summed E-state index contributed by atoms with van der Waals surface area (Å²) in [5, 5.41) is 7.10. The van der Waals surface area contributed by atoms with Gasteiger partial charge in [0.25, 0.3) is 0 Å². The number of aromatic nitrogens is 5. The first-order chi connectivity index (χ1) is 23.8. The lowest BCUT2D eigenvalue weighted by Crippen LogP contribution is -2.10. The van der Waals surface area contributed by atoms with E-state index in [0.717, 1.165) is 54.7 Å². The minimum Gasteiger partial charge on any atom is -0.278 e. The van der Waals surface area contributed by atoms with Gasteiger partial charge in [-0.15, -0.1) is 0 Å². The molecule has 10 aromatic rings. The van der Waals surface area contributed by atoms with Crippen LogP contribution >= 0.6 is 0 Å². The van der Waals surface area contributed by atoms with Gasteiger partial charge in [-0.1, -0.05) is 133 Å². The highest BCUT2D eigenvalue weighted by molar-refractivity contribution is 6.10. The Balaban J connectivity index is 1.22. The molecule has 7 aromatic carbocycles. The van der Waals surface area contributed by atoms with Crippen LogP contribution in [0.4, 0.5) is 0 Å². The molecule has 0 aliphatic heterocycles. The minimum absolute atomic E-state index is 0.577. The number of rotatable bonds is 4. The maximum absolute atomic E-state index is 5.24. The van der Waals surface area contributed by atoms with Gasteiger partial charge in [-0.2, -0.15) is 15.0 Å². The Morgan fingerprint density at radius 1 is 0.312 bits per heavy atom. The zero-order chi connectivity index (χ0) is 31.6. The molecule has 10 rings (SSSR count). The van der Waals surface area contributed by atoms with Crippen LogP contribution in [0.25, 0.3) is 88.8 Å². The van der Waals surface area contributed by atoms with Gasteiger partial charge in [0.15, 0.2) is 5.82 Å². The Hall–Kier alpha value is -6.59. The molecule has 5 nitrogen and oxygen atoms in total. The topological polar surface area (TPSA) is 48.5 Å². The largest absolute Gasteiger partial charge is 0.278 e. The van der Waals surface area contributed by atoms with Crippen LogP contribution in [-0.2, 0) is 0 Å². The molecule has 0 N–H and O–H groups in total. The summed E-state index contributed by atoms with van der Waals surface area (Å²) in [6, 6.07) is 57.4. The van der Waals surface area contributed by atoms with Gasteiger partial charge in [-0.05, 0) is 52.2 Å². The fraction of sp³-hybridized carbons (Fsp3) is 0. The van der Waals surface area contributed by atoms with E-state index < -0.39 is 0 Å². The summed E-state index contributed by atoms with van der Waals surface area (Å²) in [6.07, 6.45) is 0. The van der Waals surface area contributed by atoms with E-state index in [1.54, 1.807) is 0 Å². The molecule has 0 spiro atoms. The standard InChI is InChI=1S/C43H27N5/c1-2-12-31-27-32(26-23-28(31)11-1)29-21-24-30(25-22-29)41-44-42(47-37-17-7-3-13-33(37)34-14-4-8-18-38(34)47)46-43(45-41)48-39-19-9-5-15-35(39)36-16-6-10-20-40(36)48/h1-27H. The Bertz CT molecular complexity index is 2600. The smallest absolute Gasteiger partial charge is 0.240 e. The Morgan fingerprint density at radius 3 is 1.21 bits per heavy atom. The minimum atomic E-state index is 0.577. The summed E-state index contributed by atoms with van der Waals surface area (Å²) in [5.41, 5.74) is 7.44. The van der Waals surface area contributed by atoms with Crippen molar-refractivity contribution in [3.63, 3.8) is 0 Å². The van der Waals surface area contributed by atoms with E-state index in [9.17, 15) is 0 Å². The highest BCUT2D eigenvalue weighted by atomic mass is 15.3. The van der Waals surface area contributed by atoms with E-state index in [0.29, 0.717) is 17.7 Å². The lowest BCUT2D eigenvalue weighted by molar-refractivity contribution is 0.893. The summed E-state index contributed by atoms with van der Waals surface area (Å²) in [5.74, 6) is 1.77. The average molecular weight is 614 g/mol. The molecule has 0 aliphatic rings. The molecule has 48 heavy (non-hydrogen) atoms. The summed E-state index contributed by atoms with van der Waals surface area (Å²) >= 11 is 0. The van der Waals surface area contributed by atoms with E-state index in [4.69, 9.17) is 15.0 Å². The van der Waals surface area contributed by atoms with Gasteiger partial charge in [0, 0.05) is 27.1 Å². The van der Waals surface area contributed by atoms with Crippen molar-refractivity contribution in [1.82, 2.24) is 24.1 Å². The van der Waals surface area contributed by atoms with E-state index >= 15 is 0 Å². The predicted octanol–water partition coefficient (Wildman–Crippen LogP) is 10.6. The van der Waals surface area contributed by atoms with Crippen molar-refractivity contribution in [2.24, 2.45) is 0 Å². The van der Waals surface area contributed by atoms with Gasteiger partial charge in [0.2, 0.25) is 11.9 Å². The maximum Gasteiger partial charge on any atom is 0.240 e. The second-order valence-electron chi connectivity index (χ2n) is 12.1. The highest BCUT2D eigenvalue weighted by Crippen LogP contribution is 2.34. The van der Waals surface area contributed by atoms with Crippen LogP contribution in [0.2, 0.25) is 0 Å². The van der Waals surface area contributed by atoms with Crippen LogP contribution in [0.3, 0.4) is 0 Å². The van der Waals surface area contributed by atoms with Crippen molar-refractivity contribution in [3.8, 4) is 34.4 Å². The molecule has 0 amide bonds. The zero-order valence-corrected chi connectivity index (χ0v) is 25.8. The van der Waals surface area contributed by atoms with Gasteiger partial charge >= 0.3 is 0 Å². The number of benzene rings is 7. The van der Waals surface area contributed by atoms with E-state index in [2.05, 4.69) is 173 Å². The first-order valence-electron chi connectivity index (χ1n) is 16.1. The average Bonchev–Trinajstić information content (AvgIpc) is 3.68. The molecule has 3 heterocycles. The molecule has 224 valence electrons. The number of para-hydroxylation sites is 4. The lowest BCUT2D eigenvalue weighted by atomic mass is 10.0. The summed E-state index contributed by atoms with van der Waals surface area (Å²) in [7, 11) is 0. The fourth-order valence-electron chi connectivity index (χ4n) is 7.14. The predicted molar refractivity (Wildman–Crippen MR) is 197 cm³/mol. The van der Waals surface area contributed by atoms with Crippen LogP contribution in [-0.4, -0.2) is 24.1 Å². The van der Waals surface area contributed by atoms with Crippen molar-refractivity contribution in [2.45, 2.75) is 0 Å². The number of hydrogen-bond acceptors (Lipinski definition) is 3. The maximum atomic E-state index is 5.24. The molecule has 0 aliphatic carbocycles. The zero-order valence-electron chi connectivity index (χ0n) is 25.8. The van der Waals surface area contributed by atoms with Crippen LogP contribution in [0.5, 0.6) is 0 Å². The van der Waals surface area contributed by atoms with Crippen LogP contribution in [0.15, 0.2) is 164 Å². The molecule has 0 bridgehead atoms. The molecule has 3 aromatic heterocycles. The molecule has 0 saturated heterocycles. The molecule has 0 radical (unpaired) electrons. The van der Waals surface area contributed by atoms with Crippen LogP contribution in [0.1, 0.15) is 0 Å². The quantitative estimate of drug-likeness (QED) is 0.198. The Morgan fingerprint density at radius 2 is 0.708 bits per heavy atom. The van der Waals surface area contributed by atoms with E-state index in [1.165, 1.54) is 16.3 Å². The molecular weight excluding hydrogens is 587 g/mol. The molecule has 0 atom stereocenters. The van der Waals surface area contributed by atoms with Crippen molar-refractivity contribution in [3.05, 3.63) is 164 Å². The summed E-state index contributed by atoms with van der Waals surface area (Å²) < 4.78 is 4.33. The van der Waals surface area contributed by atoms with Gasteiger partial charge in [0.1, 0.15) is 0 Å². The highest BCUT2D eigenvalue weighted by Gasteiger charge is 2.20. The van der Waals surface area contributed by atoms with E-state index in [1.807, 2.05) is 0 Å². The van der Waals surface area contributed by atoms with Crippen molar-refractivity contribution in [1.29, 1.82) is 0 Å². The lowest BCUT2D eigenvalue weighted by Gasteiger charge is -2.13. The number of hydrogen-bond donors (Lipinski definition) is 0. The Labute approximate surface area is 276 Å². The van der Waals surface area contributed by atoms with Gasteiger partial charge in [-0.3, -0.25) is 9.13 Å². The molecule has 0 saturated carbocycles. The first-order valence-corrected chi connectivity index (χ1v) is 16.1. The van der Waals surface area contributed by atoms with Gasteiger partial charge in [-0.25, -0.2) is 0 Å². The normalized spacial score (nSPS) is 11.8. The molecular formula is C43H27N5. The first kappa shape index (κ1) is 26.6. The SMILES string of the molecule is c1ccc2cc(-c3ccc(-c4nc(-n5c6ccccc6c6ccccc65)nc(-n5c6ccccc6c6ccccc65)n4)cc3)ccc2c1. The molecule has 0 unspecified atom stereocenters. The third-order valence-electron chi connectivity index (χ3n) is 9.40. The van der Waals surface area contributed by atoms with Crippen molar-refractivity contribution < 1.29 is 0 Å². The van der Waals surface area contributed by atoms with Gasteiger partial charge in [0.05, 0.1) is 22.1 Å². The fourth-order valence-corrected chi connectivity index (χ4v) is 7.14. The third-order valence-corrected chi connectivity index (χ3v) is 9.40. The Kier molecular flexibility index (Phi) is 5.81. The number of nitrogens with zero attached hydrogens (tertiary/aromatic N) is 5. The molecule has 0 fully saturated rings. The summed E-state index contributed by atoms with van der Waals surface area (Å²) in [4.78, 5) is 15.6. The van der Waals surface area contributed by atoms with Gasteiger partial charge < -0.3 is 0 Å². The summed E-state index contributed by atoms with van der Waals surface area (Å²) in [6.45, 7) is 0. The number of fused-ring (bicyclic) bond motifs is 7. The van der Waals surface area contributed by atoms with Crippen molar-refractivity contribution in [2.75, 3.05) is 0 Å². The molecule has 5 heteroatoms. The van der Waals surface area contributed by atoms with Crippen molar-refractivity contribution >= 4 is 54.4 Å². The second-order valence-corrected chi connectivity index (χ2v) is 12.1. The van der Waals surface area contributed by atoms with E-state index in [-0.39, 0.29) is 0 Å².